The third kappa shape index (κ3) is 5.22. The summed E-state index contributed by atoms with van der Waals surface area (Å²) in [5.41, 5.74) is 6.99. The summed E-state index contributed by atoms with van der Waals surface area (Å²) in [5, 5.41) is 25.8. The molecule has 0 saturated heterocycles. The summed E-state index contributed by atoms with van der Waals surface area (Å²) in [6, 6.07) is 19.4. The molecule has 3 rings (SSSR count). The van der Waals surface area contributed by atoms with Crippen molar-refractivity contribution in [2.24, 2.45) is 5.14 Å². The molecular weight excluding hydrogens is 448 g/mol. The van der Waals surface area contributed by atoms with Crippen LogP contribution in [0, 0.1) is 22.7 Å². The number of nitriles is 2. The molecule has 9 nitrogen and oxygen atoms in total. The Balaban J connectivity index is 1.94. The molecule has 5 N–H and O–H groups in total. The highest BCUT2D eigenvalue weighted by molar-refractivity contribution is 8.00. The summed E-state index contributed by atoms with van der Waals surface area (Å²) in [5.74, 6) is -0.474. The fraction of sp³-hybridized carbons (Fsp3) is 0.0476. The lowest BCUT2D eigenvalue weighted by Crippen LogP contribution is -2.19. The van der Waals surface area contributed by atoms with Gasteiger partial charge in [0.15, 0.2) is 0 Å². The number of nitrogens with zero attached hydrogens (tertiary/aromatic N) is 3. The molecule has 1 heterocycles. The van der Waals surface area contributed by atoms with Crippen molar-refractivity contribution in [3.63, 3.8) is 0 Å². The largest absolute Gasteiger partial charge is 0.383 e. The monoisotopic (exact) mass is 464 g/mol. The quantitative estimate of drug-likeness (QED) is 0.466. The molecule has 0 radical (unpaired) electrons. The van der Waals surface area contributed by atoms with Crippen LogP contribution in [0.15, 0.2) is 70.6 Å². The first-order valence-corrected chi connectivity index (χ1v) is 11.4. The number of benzene rings is 2. The highest BCUT2D eigenvalue weighted by Gasteiger charge is 2.25. The van der Waals surface area contributed by atoms with Crippen LogP contribution >= 0.6 is 11.8 Å². The number of carbonyl (C=O) groups excluding carboxylic acids is 1. The van der Waals surface area contributed by atoms with Gasteiger partial charge in [0.2, 0.25) is 15.9 Å². The maximum absolute atomic E-state index is 13.1. The SMILES string of the molecule is N#Cc1cc(C#N)c(S[C@@H](C(=O)Nc2ccc(S(N)(=O)=O)cc2)c2ccccc2)nc1N. The Labute approximate surface area is 188 Å². The highest BCUT2D eigenvalue weighted by Crippen LogP contribution is 2.37. The second-order valence-corrected chi connectivity index (χ2v) is 9.12. The number of primary sulfonamides is 1. The second kappa shape index (κ2) is 9.49. The van der Waals surface area contributed by atoms with Gasteiger partial charge in [0.25, 0.3) is 0 Å². The molecule has 1 amide bonds. The van der Waals surface area contributed by atoms with Crippen LogP contribution in [-0.2, 0) is 14.8 Å². The Hall–Kier alpha value is -3.90. The van der Waals surface area contributed by atoms with Crippen molar-refractivity contribution >= 4 is 39.2 Å². The first kappa shape index (κ1) is 22.8. The minimum Gasteiger partial charge on any atom is -0.383 e. The van der Waals surface area contributed by atoms with Gasteiger partial charge in [-0.2, -0.15) is 10.5 Å². The summed E-state index contributed by atoms with van der Waals surface area (Å²) in [7, 11) is -3.86. The normalized spacial score (nSPS) is 11.7. The number of rotatable bonds is 6. The molecule has 0 unspecified atom stereocenters. The maximum Gasteiger partial charge on any atom is 0.242 e. The van der Waals surface area contributed by atoms with Gasteiger partial charge in [-0.3, -0.25) is 4.79 Å². The Morgan fingerprint density at radius 1 is 1.03 bits per heavy atom. The van der Waals surface area contributed by atoms with Gasteiger partial charge in [-0.15, -0.1) is 0 Å². The smallest absolute Gasteiger partial charge is 0.242 e. The summed E-state index contributed by atoms with van der Waals surface area (Å²) >= 11 is 1.01. The van der Waals surface area contributed by atoms with Crippen molar-refractivity contribution in [3.05, 3.63) is 77.4 Å². The summed E-state index contributed by atoms with van der Waals surface area (Å²) in [4.78, 5) is 17.2. The first-order valence-electron chi connectivity index (χ1n) is 8.99. The van der Waals surface area contributed by atoms with Crippen molar-refractivity contribution in [2.75, 3.05) is 11.1 Å². The van der Waals surface area contributed by atoms with Crippen LogP contribution in [0.4, 0.5) is 11.5 Å². The van der Waals surface area contributed by atoms with E-state index in [-0.39, 0.29) is 26.9 Å². The van der Waals surface area contributed by atoms with Gasteiger partial charge < -0.3 is 11.1 Å². The van der Waals surface area contributed by atoms with Crippen LogP contribution in [0.5, 0.6) is 0 Å². The fourth-order valence-electron chi connectivity index (χ4n) is 2.72. The number of carbonyl (C=O) groups is 1. The van der Waals surface area contributed by atoms with Gasteiger partial charge in [0.05, 0.1) is 16.0 Å². The van der Waals surface area contributed by atoms with Crippen molar-refractivity contribution in [1.82, 2.24) is 4.98 Å². The molecule has 1 atom stereocenters. The molecule has 0 spiro atoms. The fourth-order valence-corrected chi connectivity index (χ4v) is 4.30. The highest BCUT2D eigenvalue weighted by atomic mass is 32.2. The number of sulfonamides is 1. The Morgan fingerprint density at radius 2 is 1.66 bits per heavy atom. The number of nitrogens with two attached hydrogens (primary N) is 2. The van der Waals surface area contributed by atoms with Crippen molar-refractivity contribution in [2.45, 2.75) is 15.2 Å². The van der Waals surface area contributed by atoms with Crippen LogP contribution in [0.3, 0.4) is 0 Å². The number of nitrogen functional groups attached to an aromatic ring is 1. The van der Waals surface area contributed by atoms with Crippen LogP contribution < -0.4 is 16.2 Å². The lowest BCUT2D eigenvalue weighted by Gasteiger charge is -2.17. The number of thioether (sulfide) groups is 1. The van der Waals surface area contributed by atoms with E-state index in [0.717, 1.165) is 11.8 Å². The summed E-state index contributed by atoms with van der Waals surface area (Å²) in [6.45, 7) is 0. The van der Waals surface area contributed by atoms with Crippen LogP contribution in [0.2, 0.25) is 0 Å². The number of hydrogen-bond acceptors (Lipinski definition) is 8. The van der Waals surface area contributed by atoms with Gasteiger partial charge >= 0.3 is 0 Å². The van der Waals surface area contributed by atoms with E-state index in [2.05, 4.69) is 10.3 Å². The van der Waals surface area contributed by atoms with E-state index in [0.29, 0.717) is 11.3 Å². The van der Waals surface area contributed by atoms with E-state index in [9.17, 15) is 18.5 Å². The van der Waals surface area contributed by atoms with Crippen molar-refractivity contribution < 1.29 is 13.2 Å². The van der Waals surface area contributed by atoms with E-state index < -0.39 is 21.2 Å². The standard InChI is InChI=1S/C21H16N6O3S2/c22-11-14-10-15(12-23)21(27-19(14)24)31-18(13-4-2-1-3-5-13)20(28)26-16-6-8-17(9-7-16)32(25,29)30/h1-10,18H,(H2,24,27)(H,26,28)(H2,25,29,30)/t18-/m1/s1. The average Bonchev–Trinajstić information content (AvgIpc) is 2.77. The minimum absolute atomic E-state index is 0.0418. The molecule has 160 valence electrons. The molecule has 11 heteroatoms. The van der Waals surface area contributed by atoms with E-state index in [1.54, 1.807) is 30.3 Å². The molecular formula is C21H16N6O3S2. The molecule has 3 aromatic rings. The van der Waals surface area contributed by atoms with Gasteiger partial charge in [-0.1, -0.05) is 42.1 Å². The number of amides is 1. The summed E-state index contributed by atoms with van der Waals surface area (Å²) in [6.07, 6.45) is 0. The number of hydrogen-bond donors (Lipinski definition) is 3. The predicted molar refractivity (Wildman–Crippen MR) is 120 cm³/mol. The van der Waals surface area contributed by atoms with Crippen molar-refractivity contribution in [3.8, 4) is 12.1 Å². The molecule has 0 bridgehead atoms. The molecule has 0 saturated carbocycles. The van der Waals surface area contributed by atoms with E-state index in [1.165, 1.54) is 30.3 Å². The molecule has 0 aliphatic rings. The number of anilines is 2. The Morgan fingerprint density at radius 3 is 2.22 bits per heavy atom. The van der Waals surface area contributed by atoms with Gasteiger partial charge in [0.1, 0.15) is 28.2 Å². The van der Waals surface area contributed by atoms with Gasteiger partial charge in [0, 0.05) is 5.69 Å². The molecule has 2 aromatic carbocycles. The predicted octanol–water partition coefficient (Wildman–Crippen LogP) is 2.53. The van der Waals surface area contributed by atoms with E-state index in [4.69, 9.17) is 16.1 Å². The van der Waals surface area contributed by atoms with E-state index >= 15 is 0 Å². The maximum atomic E-state index is 13.1. The molecule has 0 aliphatic heterocycles. The van der Waals surface area contributed by atoms with Gasteiger partial charge in [-0.25, -0.2) is 18.5 Å². The lowest BCUT2D eigenvalue weighted by molar-refractivity contribution is -0.115. The molecule has 0 aliphatic carbocycles. The van der Waals surface area contributed by atoms with Crippen LogP contribution in [-0.4, -0.2) is 19.3 Å². The third-order valence-electron chi connectivity index (χ3n) is 4.28. The van der Waals surface area contributed by atoms with E-state index in [1.807, 2.05) is 12.1 Å². The lowest BCUT2D eigenvalue weighted by atomic mass is 10.1. The zero-order chi connectivity index (χ0) is 23.3. The van der Waals surface area contributed by atoms with Crippen LogP contribution in [0.25, 0.3) is 0 Å². The zero-order valence-electron chi connectivity index (χ0n) is 16.4. The van der Waals surface area contributed by atoms with Crippen LogP contribution in [0.1, 0.15) is 21.9 Å². The molecule has 0 fully saturated rings. The first-order chi connectivity index (χ1) is 15.2. The van der Waals surface area contributed by atoms with Crippen molar-refractivity contribution in [1.29, 1.82) is 10.5 Å². The van der Waals surface area contributed by atoms with Gasteiger partial charge in [-0.05, 0) is 35.9 Å². The number of nitrogens with one attached hydrogen (secondary N) is 1. The zero-order valence-corrected chi connectivity index (χ0v) is 18.0. The molecule has 1 aromatic heterocycles. The number of pyridine rings is 1. The molecule has 32 heavy (non-hydrogen) atoms. The summed E-state index contributed by atoms with van der Waals surface area (Å²) < 4.78 is 22.8. The Kier molecular flexibility index (Phi) is 6.76. The topological polar surface area (TPSA) is 176 Å². The third-order valence-corrected chi connectivity index (χ3v) is 6.46. The second-order valence-electron chi connectivity index (χ2n) is 6.46. The minimum atomic E-state index is -3.86. The Bertz CT molecular complexity index is 1350. The average molecular weight is 465 g/mol. The number of aromatic nitrogens is 1.